The van der Waals surface area contributed by atoms with Crippen molar-refractivity contribution in [1.29, 1.82) is 0 Å². The Hall–Kier alpha value is -0.600. The van der Waals surface area contributed by atoms with Gasteiger partial charge in [-0.15, -0.1) is 0 Å². The summed E-state index contributed by atoms with van der Waals surface area (Å²) in [5, 5.41) is 14.1. The second kappa shape index (κ2) is 7.23. The van der Waals surface area contributed by atoms with Crippen LogP contribution in [0.1, 0.15) is 85.5 Å². The van der Waals surface area contributed by atoms with Crippen LogP contribution in [0.2, 0.25) is 0 Å². The molecule has 0 aromatic carbocycles. The summed E-state index contributed by atoms with van der Waals surface area (Å²) in [6.07, 6.45) is 16.4. The van der Waals surface area contributed by atoms with E-state index in [9.17, 15) is 5.11 Å². The van der Waals surface area contributed by atoms with Crippen LogP contribution in [0.4, 0.5) is 0 Å². The van der Waals surface area contributed by atoms with Gasteiger partial charge in [0.1, 0.15) is 0 Å². The monoisotopic (exact) mass is 397 g/mol. The first kappa shape index (κ1) is 20.3. The van der Waals surface area contributed by atoms with E-state index in [4.69, 9.17) is 0 Å². The smallest absolute Gasteiger partial charge is 0.0577 e. The van der Waals surface area contributed by atoms with Crippen molar-refractivity contribution in [3.8, 4) is 0 Å². The molecule has 0 bridgehead atoms. The van der Waals surface area contributed by atoms with E-state index in [1.807, 2.05) is 5.57 Å². The fraction of sp³-hybridized carbons (Fsp3) is 0.852. The lowest BCUT2D eigenvalue weighted by Crippen LogP contribution is -2.48. The van der Waals surface area contributed by atoms with Crippen LogP contribution in [0.5, 0.6) is 0 Å². The molecule has 5 aliphatic rings. The molecule has 2 N–H and O–H groups in total. The quantitative estimate of drug-likeness (QED) is 0.571. The summed E-state index contributed by atoms with van der Waals surface area (Å²) < 4.78 is 0. The van der Waals surface area contributed by atoms with Gasteiger partial charge in [0.2, 0.25) is 0 Å². The Kier molecular flexibility index (Phi) is 5.06. The summed E-state index contributed by atoms with van der Waals surface area (Å²) in [5.41, 5.74) is 4.16. The zero-order valence-electron chi connectivity index (χ0n) is 19.2. The molecule has 162 valence electrons. The maximum absolute atomic E-state index is 10.2. The van der Waals surface area contributed by atoms with E-state index in [1.54, 1.807) is 5.57 Å². The molecule has 0 aromatic heterocycles. The first-order valence-electron chi connectivity index (χ1n) is 12.6. The number of fused-ring (bicyclic) bond motifs is 5. The Bertz CT molecular complexity index is 701. The number of rotatable bonds is 2. The third kappa shape index (κ3) is 3.11. The van der Waals surface area contributed by atoms with E-state index in [-0.39, 0.29) is 6.10 Å². The van der Waals surface area contributed by atoms with Crippen LogP contribution in [0.15, 0.2) is 23.3 Å². The van der Waals surface area contributed by atoms with Crippen LogP contribution < -0.4 is 5.32 Å². The molecule has 0 spiro atoms. The van der Waals surface area contributed by atoms with Gasteiger partial charge in [0.15, 0.2) is 0 Å². The maximum atomic E-state index is 10.2. The van der Waals surface area contributed by atoms with E-state index in [1.165, 1.54) is 51.5 Å². The SMILES string of the molecule is C[C@H]1CCC([C@@H](C)[C@]2(C)CC[C@@H]3C2=CC[C@H]2[C@H]3CC=C3C[C@@H](O)CC[C@@]32C)NC1. The lowest BCUT2D eigenvalue weighted by molar-refractivity contribution is 0.0347. The summed E-state index contributed by atoms with van der Waals surface area (Å²) in [4.78, 5) is 0. The van der Waals surface area contributed by atoms with Gasteiger partial charge >= 0.3 is 0 Å². The van der Waals surface area contributed by atoms with Gasteiger partial charge in [-0.2, -0.15) is 0 Å². The summed E-state index contributed by atoms with van der Waals surface area (Å²) in [7, 11) is 0. The van der Waals surface area contributed by atoms with Crippen molar-refractivity contribution in [2.75, 3.05) is 6.54 Å². The van der Waals surface area contributed by atoms with E-state index in [0.29, 0.717) is 16.9 Å². The molecule has 9 atom stereocenters. The zero-order valence-corrected chi connectivity index (χ0v) is 19.2. The van der Waals surface area contributed by atoms with Crippen molar-refractivity contribution in [3.05, 3.63) is 23.3 Å². The van der Waals surface area contributed by atoms with Crippen LogP contribution in [-0.4, -0.2) is 23.8 Å². The molecule has 2 heteroatoms. The summed E-state index contributed by atoms with van der Waals surface area (Å²) >= 11 is 0. The first-order chi connectivity index (χ1) is 13.8. The van der Waals surface area contributed by atoms with Crippen LogP contribution in [0, 0.1) is 40.4 Å². The van der Waals surface area contributed by atoms with Gasteiger partial charge in [0, 0.05) is 6.04 Å². The van der Waals surface area contributed by atoms with E-state index in [0.717, 1.165) is 42.4 Å². The minimum absolute atomic E-state index is 0.0955. The average Bonchev–Trinajstić information content (AvgIpc) is 3.07. The number of hydrogen-bond donors (Lipinski definition) is 2. The molecule has 1 heterocycles. The number of allylic oxidation sites excluding steroid dienone is 3. The van der Waals surface area contributed by atoms with Gasteiger partial charge in [0.25, 0.3) is 0 Å². The molecular formula is C27H43NO. The van der Waals surface area contributed by atoms with Crippen LogP contribution >= 0.6 is 0 Å². The van der Waals surface area contributed by atoms with Crippen LogP contribution in [0.25, 0.3) is 0 Å². The number of piperidine rings is 1. The van der Waals surface area contributed by atoms with E-state index in [2.05, 4.69) is 45.2 Å². The molecule has 2 saturated carbocycles. The largest absolute Gasteiger partial charge is 0.393 e. The lowest BCUT2D eigenvalue weighted by Gasteiger charge is -2.54. The third-order valence-electron chi connectivity index (χ3n) is 10.6. The Morgan fingerprint density at radius 1 is 1.07 bits per heavy atom. The fourth-order valence-corrected chi connectivity index (χ4v) is 8.39. The zero-order chi connectivity index (χ0) is 20.4. The molecule has 3 fully saturated rings. The van der Waals surface area contributed by atoms with Gasteiger partial charge in [-0.3, -0.25) is 0 Å². The van der Waals surface area contributed by atoms with Gasteiger partial charge in [-0.1, -0.05) is 51.0 Å². The highest BCUT2D eigenvalue weighted by molar-refractivity contribution is 5.33. The molecule has 4 aliphatic carbocycles. The Morgan fingerprint density at radius 2 is 1.90 bits per heavy atom. The summed E-state index contributed by atoms with van der Waals surface area (Å²) in [5.74, 6) is 4.03. The number of nitrogens with one attached hydrogen (secondary N) is 1. The van der Waals surface area contributed by atoms with Gasteiger partial charge < -0.3 is 10.4 Å². The minimum Gasteiger partial charge on any atom is -0.393 e. The molecule has 2 nitrogen and oxygen atoms in total. The van der Waals surface area contributed by atoms with Gasteiger partial charge in [-0.25, -0.2) is 0 Å². The highest BCUT2D eigenvalue weighted by Crippen LogP contribution is 2.64. The summed E-state index contributed by atoms with van der Waals surface area (Å²) in [6, 6.07) is 0.698. The van der Waals surface area contributed by atoms with Crippen LogP contribution in [-0.2, 0) is 0 Å². The molecular weight excluding hydrogens is 354 g/mol. The topological polar surface area (TPSA) is 32.3 Å². The van der Waals surface area contributed by atoms with Crippen molar-refractivity contribution >= 4 is 0 Å². The highest BCUT2D eigenvalue weighted by Gasteiger charge is 2.55. The average molecular weight is 398 g/mol. The van der Waals surface area contributed by atoms with Crippen molar-refractivity contribution in [3.63, 3.8) is 0 Å². The molecule has 0 amide bonds. The molecule has 0 radical (unpaired) electrons. The number of hydrogen-bond acceptors (Lipinski definition) is 2. The predicted molar refractivity (Wildman–Crippen MR) is 121 cm³/mol. The maximum Gasteiger partial charge on any atom is 0.0577 e. The normalized spacial score (nSPS) is 50.7. The van der Waals surface area contributed by atoms with Gasteiger partial charge in [-0.05, 0) is 105 Å². The molecule has 0 aromatic rings. The fourth-order valence-electron chi connectivity index (χ4n) is 8.39. The van der Waals surface area contributed by atoms with Crippen molar-refractivity contribution < 1.29 is 5.11 Å². The van der Waals surface area contributed by atoms with E-state index >= 15 is 0 Å². The molecule has 1 unspecified atom stereocenters. The van der Waals surface area contributed by atoms with Crippen molar-refractivity contribution in [2.24, 2.45) is 40.4 Å². The second-order valence-corrected chi connectivity index (χ2v) is 12.0. The van der Waals surface area contributed by atoms with Crippen molar-refractivity contribution in [1.82, 2.24) is 5.32 Å². The predicted octanol–water partition coefficient (Wildman–Crippen LogP) is 5.87. The van der Waals surface area contributed by atoms with Crippen molar-refractivity contribution in [2.45, 2.75) is 97.6 Å². The van der Waals surface area contributed by atoms with Crippen LogP contribution in [0.3, 0.4) is 0 Å². The second-order valence-electron chi connectivity index (χ2n) is 12.0. The summed E-state index contributed by atoms with van der Waals surface area (Å²) in [6.45, 7) is 11.3. The molecule has 29 heavy (non-hydrogen) atoms. The Balaban J connectivity index is 1.39. The first-order valence-corrected chi connectivity index (χ1v) is 12.6. The standard InChI is InChI=1S/C27H43NO/c1-17-5-10-25(28-16-17)18(2)26(3)14-12-22-21-7-6-19-15-20(29)11-13-27(19,4)24(21)9-8-23(22)26/h6,8,17-18,20-22,24-25,28-29H,5,7,9-16H2,1-4H3/t17-,18+,20-,21-,22-,24-,25?,26-,27-/m0/s1. The van der Waals surface area contributed by atoms with E-state index < -0.39 is 0 Å². The Labute approximate surface area is 178 Å². The highest BCUT2D eigenvalue weighted by atomic mass is 16.3. The Morgan fingerprint density at radius 3 is 2.66 bits per heavy atom. The number of aliphatic hydroxyl groups is 1. The van der Waals surface area contributed by atoms with Gasteiger partial charge in [0.05, 0.1) is 6.10 Å². The minimum atomic E-state index is -0.0955. The molecule has 5 rings (SSSR count). The third-order valence-corrected chi connectivity index (χ3v) is 10.6. The lowest BCUT2D eigenvalue weighted by atomic mass is 9.51. The number of aliphatic hydroxyl groups excluding tert-OH is 1. The molecule has 1 aliphatic heterocycles. The molecule has 1 saturated heterocycles.